The van der Waals surface area contributed by atoms with E-state index in [-0.39, 0.29) is 24.5 Å². The fraction of sp³-hybridized carbons (Fsp3) is 0.188. The van der Waals surface area contributed by atoms with Gasteiger partial charge in [0.05, 0.1) is 12.0 Å². The van der Waals surface area contributed by atoms with Gasteiger partial charge < -0.3 is 9.84 Å². The lowest BCUT2D eigenvalue weighted by Crippen LogP contribution is -2.28. The molecule has 0 atom stereocenters. The third-order valence-corrected chi connectivity index (χ3v) is 3.30. The highest BCUT2D eigenvalue weighted by molar-refractivity contribution is 5.65. The van der Waals surface area contributed by atoms with Gasteiger partial charge in [-0.1, -0.05) is 36.4 Å². The van der Waals surface area contributed by atoms with Crippen molar-refractivity contribution in [2.45, 2.75) is 13.1 Å². The summed E-state index contributed by atoms with van der Waals surface area (Å²) in [5.74, 6) is 0.109. The van der Waals surface area contributed by atoms with Crippen LogP contribution in [0, 0.1) is 10.1 Å². The second kappa shape index (κ2) is 7.26. The summed E-state index contributed by atoms with van der Waals surface area (Å²) < 4.78 is 5.00. The van der Waals surface area contributed by atoms with Crippen LogP contribution in [0.25, 0.3) is 0 Å². The SMILES string of the molecule is COc1cc(CN(Cc2ccccc2)C(=O)O)ccc1[N+](=O)[O-]. The Kier molecular flexibility index (Phi) is 5.14. The molecular formula is C16H16N2O5. The van der Waals surface area contributed by atoms with Gasteiger partial charge in [0.2, 0.25) is 0 Å². The van der Waals surface area contributed by atoms with Gasteiger partial charge in [-0.25, -0.2) is 4.79 Å². The minimum absolute atomic E-state index is 0.109. The monoisotopic (exact) mass is 316 g/mol. The number of nitro benzene ring substituents is 1. The zero-order valence-electron chi connectivity index (χ0n) is 12.5. The Morgan fingerprint density at radius 1 is 1.17 bits per heavy atom. The van der Waals surface area contributed by atoms with Gasteiger partial charge in [-0.05, 0) is 17.2 Å². The Bertz CT molecular complexity index is 703. The smallest absolute Gasteiger partial charge is 0.407 e. The summed E-state index contributed by atoms with van der Waals surface area (Å²) in [4.78, 5) is 23.0. The number of amides is 1. The lowest BCUT2D eigenvalue weighted by molar-refractivity contribution is -0.385. The molecule has 23 heavy (non-hydrogen) atoms. The van der Waals surface area contributed by atoms with Crippen molar-refractivity contribution in [3.8, 4) is 5.75 Å². The summed E-state index contributed by atoms with van der Waals surface area (Å²) in [6.07, 6.45) is -1.06. The lowest BCUT2D eigenvalue weighted by atomic mass is 10.1. The average Bonchev–Trinajstić information content (AvgIpc) is 2.54. The first-order valence-corrected chi connectivity index (χ1v) is 6.84. The van der Waals surface area contributed by atoms with E-state index in [1.165, 1.54) is 30.2 Å². The number of methoxy groups -OCH3 is 1. The van der Waals surface area contributed by atoms with Gasteiger partial charge in [0, 0.05) is 19.2 Å². The number of nitro groups is 1. The van der Waals surface area contributed by atoms with Crippen LogP contribution in [0.5, 0.6) is 5.75 Å². The minimum Gasteiger partial charge on any atom is -0.490 e. The van der Waals surface area contributed by atoms with Crippen LogP contribution >= 0.6 is 0 Å². The predicted molar refractivity (Wildman–Crippen MR) is 83.4 cm³/mol. The predicted octanol–water partition coefficient (Wildman–Crippen LogP) is 3.28. The van der Waals surface area contributed by atoms with Gasteiger partial charge in [0.15, 0.2) is 5.75 Å². The second-order valence-electron chi connectivity index (χ2n) is 4.89. The lowest BCUT2D eigenvalue weighted by Gasteiger charge is -2.19. The highest BCUT2D eigenvalue weighted by atomic mass is 16.6. The number of carboxylic acid groups (broad SMARTS) is 1. The fourth-order valence-corrected chi connectivity index (χ4v) is 2.19. The number of benzene rings is 2. The Hall–Kier alpha value is -3.09. The summed E-state index contributed by atoms with van der Waals surface area (Å²) >= 11 is 0. The van der Waals surface area contributed by atoms with Gasteiger partial charge in [-0.2, -0.15) is 0 Å². The van der Waals surface area contributed by atoms with Crippen LogP contribution in [0.15, 0.2) is 48.5 Å². The minimum atomic E-state index is -1.06. The molecule has 0 saturated heterocycles. The Morgan fingerprint density at radius 2 is 1.83 bits per heavy atom. The molecule has 2 rings (SSSR count). The summed E-state index contributed by atoms with van der Waals surface area (Å²) in [5, 5.41) is 20.2. The molecule has 0 aromatic heterocycles. The zero-order valence-corrected chi connectivity index (χ0v) is 12.5. The third kappa shape index (κ3) is 4.19. The standard InChI is InChI=1S/C16H16N2O5/c1-23-15-9-13(7-8-14(15)18(21)22)11-17(16(19)20)10-12-5-3-2-4-6-12/h2-9H,10-11H2,1H3,(H,19,20). The van der Waals surface area contributed by atoms with Crippen LogP contribution in [0.1, 0.15) is 11.1 Å². The van der Waals surface area contributed by atoms with E-state index in [0.717, 1.165) is 5.56 Å². The quantitative estimate of drug-likeness (QED) is 0.652. The van der Waals surface area contributed by atoms with Gasteiger partial charge in [0.25, 0.3) is 0 Å². The molecule has 0 fully saturated rings. The average molecular weight is 316 g/mol. The van der Waals surface area contributed by atoms with Crippen LogP contribution in [0.2, 0.25) is 0 Å². The van der Waals surface area contributed by atoms with E-state index in [0.29, 0.717) is 5.56 Å². The maximum atomic E-state index is 11.4. The summed E-state index contributed by atoms with van der Waals surface area (Å²) in [6.45, 7) is 0.341. The van der Waals surface area contributed by atoms with Crippen molar-refractivity contribution < 1.29 is 19.6 Å². The second-order valence-corrected chi connectivity index (χ2v) is 4.89. The molecule has 0 bridgehead atoms. The van der Waals surface area contributed by atoms with Gasteiger partial charge in [0.1, 0.15) is 0 Å². The molecule has 1 amide bonds. The fourth-order valence-electron chi connectivity index (χ4n) is 2.19. The summed E-state index contributed by atoms with van der Waals surface area (Å²) in [6, 6.07) is 13.5. The third-order valence-electron chi connectivity index (χ3n) is 3.30. The normalized spacial score (nSPS) is 10.1. The van der Waals surface area contributed by atoms with Crippen molar-refractivity contribution in [1.29, 1.82) is 0 Å². The molecule has 0 aliphatic heterocycles. The maximum Gasteiger partial charge on any atom is 0.407 e. The molecule has 0 aliphatic rings. The highest BCUT2D eigenvalue weighted by Crippen LogP contribution is 2.28. The number of rotatable bonds is 6. The van der Waals surface area contributed by atoms with E-state index >= 15 is 0 Å². The number of hydrogen-bond donors (Lipinski definition) is 1. The van der Waals surface area contributed by atoms with E-state index in [1.54, 1.807) is 0 Å². The van der Waals surface area contributed by atoms with E-state index in [9.17, 15) is 20.0 Å². The van der Waals surface area contributed by atoms with Crippen LogP contribution in [-0.2, 0) is 13.1 Å². The van der Waals surface area contributed by atoms with Crippen LogP contribution in [0.3, 0.4) is 0 Å². The van der Waals surface area contributed by atoms with E-state index in [4.69, 9.17) is 4.74 Å². The molecule has 0 radical (unpaired) electrons. The molecule has 0 unspecified atom stereocenters. The molecule has 7 nitrogen and oxygen atoms in total. The van der Waals surface area contributed by atoms with E-state index in [1.807, 2.05) is 30.3 Å². The Labute approximate surface area is 132 Å². The van der Waals surface area contributed by atoms with Gasteiger partial charge in [-0.3, -0.25) is 15.0 Å². The van der Waals surface area contributed by atoms with Crippen LogP contribution in [0.4, 0.5) is 10.5 Å². The number of carbonyl (C=O) groups is 1. The number of ether oxygens (including phenoxy) is 1. The molecular weight excluding hydrogens is 300 g/mol. The number of hydrogen-bond acceptors (Lipinski definition) is 4. The van der Waals surface area contributed by atoms with Crippen molar-refractivity contribution in [1.82, 2.24) is 4.90 Å². The maximum absolute atomic E-state index is 11.4. The zero-order chi connectivity index (χ0) is 16.8. The molecule has 2 aromatic rings. The first kappa shape index (κ1) is 16.3. The van der Waals surface area contributed by atoms with Crippen molar-refractivity contribution in [2.75, 3.05) is 7.11 Å². The first-order valence-electron chi connectivity index (χ1n) is 6.84. The van der Waals surface area contributed by atoms with Gasteiger partial charge >= 0.3 is 11.8 Å². The Balaban J connectivity index is 2.20. The number of nitrogens with zero attached hydrogens (tertiary/aromatic N) is 2. The summed E-state index contributed by atoms with van der Waals surface area (Å²) in [7, 11) is 1.34. The van der Waals surface area contributed by atoms with Crippen molar-refractivity contribution in [3.05, 3.63) is 69.8 Å². The topological polar surface area (TPSA) is 92.9 Å². The van der Waals surface area contributed by atoms with Gasteiger partial charge in [-0.15, -0.1) is 0 Å². The van der Waals surface area contributed by atoms with E-state index in [2.05, 4.69) is 0 Å². The van der Waals surface area contributed by atoms with Crippen molar-refractivity contribution >= 4 is 11.8 Å². The highest BCUT2D eigenvalue weighted by Gasteiger charge is 2.18. The molecule has 2 aromatic carbocycles. The largest absolute Gasteiger partial charge is 0.490 e. The molecule has 7 heteroatoms. The molecule has 0 spiro atoms. The molecule has 1 N–H and O–H groups in total. The summed E-state index contributed by atoms with van der Waals surface area (Å²) in [5.41, 5.74) is 1.33. The van der Waals surface area contributed by atoms with Crippen molar-refractivity contribution in [3.63, 3.8) is 0 Å². The molecule has 120 valence electrons. The molecule has 0 saturated carbocycles. The van der Waals surface area contributed by atoms with Crippen LogP contribution < -0.4 is 4.74 Å². The Morgan fingerprint density at radius 3 is 2.39 bits per heavy atom. The van der Waals surface area contributed by atoms with Crippen LogP contribution in [-0.4, -0.2) is 28.1 Å². The van der Waals surface area contributed by atoms with Crippen molar-refractivity contribution in [2.24, 2.45) is 0 Å². The van der Waals surface area contributed by atoms with E-state index < -0.39 is 11.0 Å². The molecule has 0 heterocycles. The first-order chi connectivity index (χ1) is 11.0. The molecule has 0 aliphatic carbocycles.